The molecule has 3 heterocycles. The molecular weight excluding hydrogens is 348 g/mol. The van der Waals surface area contributed by atoms with Crippen LogP contribution in [0.1, 0.15) is 38.5 Å². The molecule has 1 aliphatic carbocycles. The SMILES string of the molecule is Cc1snnc1C(=O)N1C[C@H]2[C@@H](C1)c1ccccc1[C@@H]2N1CCOCC1. The average molecular weight is 370 g/mol. The second kappa shape index (κ2) is 6.40. The molecule has 1 aromatic carbocycles. The maximum Gasteiger partial charge on any atom is 0.275 e. The molecule has 0 radical (unpaired) electrons. The molecular formula is C19H22N4O2S. The van der Waals surface area contributed by atoms with E-state index >= 15 is 0 Å². The number of aromatic nitrogens is 2. The summed E-state index contributed by atoms with van der Waals surface area (Å²) in [6.07, 6.45) is 0. The fourth-order valence-electron chi connectivity index (χ4n) is 4.89. The molecule has 0 spiro atoms. The third-order valence-electron chi connectivity index (χ3n) is 6.07. The summed E-state index contributed by atoms with van der Waals surface area (Å²) < 4.78 is 9.49. The monoisotopic (exact) mass is 370 g/mol. The van der Waals surface area contributed by atoms with Gasteiger partial charge < -0.3 is 9.64 Å². The van der Waals surface area contributed by atoms with Gasteiger partial charge in [0.05, 0.1) is 18.1 Å². The number of benzene rings is 1. The fourth-order valence-corrected chi connectivity index (χ4v) is 5.35. The number of ether oxygens (including phenoxy) is 1. The van der Waals surface area contributed by atoms with E-state index < -0.39 is 0 Å². The van der Waals surface area contributed by atoms with E-state index in [1.165, 1.54) is 22.7 Å². The first-order valence-electron chi connectivity index (χ1n) is 9.23. The summed E-state index contributed by atoms with van der Waals surface area (Å²) in [5.41, 5.74) is 3.38. The molecule has 26 heavy (non-hydrogen) atoms. The first-order valence-corrected chi connectivity index (χ1v) is 10.00. The van der Waals surface area contributed by atoms with Crippen molar-refractivity contribution in [2.75, 3.05) is 39.4 Å². The van der Waals surface area contributed by atoms with Crippen LogP contribution in [0, 0.1) is 12.8 Å². The molecule has 0 bridgehead atoms. The third kappa shape index (κ3) is 2.49. The maximum atomic E-state index is 13.0. The lowest BCUT2D eigenvalue weighted by Crippen LogP contribution is -2.42. The van der Waals surface area contributed by atoms with Gasteiger partial charge in [-0.15, -0.1) is 5.10 Å². The standard InChI is InChI=1S/C19H22N4O2S/c1-12-17(20-21-26-12)19(24)23-10-15-13-4-2-3-5-14(13)18(16(15)11-23)22-6-8-25-9-7-22/h2-5,15-16,18H,6-11H2,1H3/t15-,16-,18-/m0/s1. The summed E-state index contributed by atoms with van der Waals surface area (Å²) in [6.45, 7) is 7.00. The van der Waals surface area contributed by atoms with Crippen molar-refractivity contribution >= 4 is 17.4 Å². The van der Waals surface area contributed by atoms with E-state index in [2.05, 4.69) is 38.8 Å². The molecule has 1 aromatic heterocycles. The number of carbonyl (C=O) groups is 1. The van der Waals surface area contributed by atoms with Gasteiger partial charge in [-0.3, -0.25) is 9.69 Å². The van der Waals surface area contributed by atoms with Gasteiger partial charge in [0.2, 0.25) is 0 Å². The van der Waals surface area contributed by atoms with E-state index in [-0.39, 0.29) is 5.91 Å². The average Bonchev–Trinajstić information content (AvgIpc) is 3.35. The van der Waals surface area contributed by atoms with Crippen LogP contribution in [-0.4, -0.2) is 64.7 Å². The van der Waals surface area contributed by atoms with Crippen molar-refractivity contribution in [3.63, 3.8) is 0 Å². The van der Waals surface area contributed by atoms with Gasteiger partial charge in [0.25, 0.3) is 5.91 Å². The molecule has 3 atom stereocenters. The van der Waals surface area contributed by atoms with Crippen LogP contribution < -0.4 is 0 Å². The van der Waals surface area contributed by atoms with Crippen LogP contribution in [0.15, 0.2) is 24.3 Å². The molecule has 0 unspecified atom stereocenters. The lowest BCUT2D eigenvalue weighted by atomic mass is 9.93. The summed E-state index contributed by atoms with van der Waals surface area (Å²) in [5, 5.41) is 4.06. The number of nitrogens with zero attached hydrogens (tertiary/aromatic N) is 4. The quantitative estimate of drug-likeness (QED) is 0.810. The second-order valence-corrected chi connectivity index (χ2v) is 8.34. The van der Waals surface area contributed by atoms with Crippen LogP contribution in [-0.2, 0) is 4.74 Å². The Morgan fingerprint density at radius 3 is 2.69 bits per heavy atom. The Kier molecular flexibility index (Phi) is 4.03. The van der Waals surface area contributed by atoms with Crippen LogP contribution >= 0.6 is 11.5 Å². The predicted octanol–water partition coefficient (Wildman–Crippen LogP) is 2.09. The summed E-state index contributed by atoms with van der Waals surface area (Å²) >= 11 is 1.29. The summed E-state index contributed by atoms with van der Waals surface area (Å²) in [7, 11) is 0. The number of likely N-dealkylation sites (tertiary alicyclic amines) is 1. The number of carbonyl (C=O) groups excluding carboxylic acids is 1. The first kappa shape index (κ1) is 16.4. The summed E-state index contributed by atoms with van der Waals surface area (Å²) in [6, 6.07) is 9.16. The van der Waals surface area contributed by atoms with Gasteiger partial charge in [-0.05, 0) is 29.6 Å². The minimum Gasteiger partial charge on any atom is -0.379 e. The number of aryl methyl sites for hydroxylation is 1. The summed E-state index contributed by atoms with van der Waals surface area (Å²) in [4.78, 5) is 18.4. The van der Waals surface area contributed by atoms with E-state index in [4.69, 9.17) is 4.74 Å². The lowest BCUT2D eigenvalue weighted by molar-refractivity contribution is 0.00481. The molecule has 7 heteroatoms. The molecule has 2 aliphatic heterocycles. The molecule has 136 valence electrons. The molecule has 6 nitrogen and oxygen atoms in total. The van der Waals surface area contributed by atoms with E-state index in [0.717, 1.165) is 44.3 Å². The Morgan fingerprint density at radius 1 is 1.19 bits per heavy atom. The highest BCUT2D eigenvalue weighted by Crippen LogP contribution is 2.52. The van der Waals surface area contributed by atoms with Crippen molar-refractivity contribution in [1.29, 1.82) is 0 Å². The highest BCUT2D eigenvalue weighted by Gasteiger charge is 2.49. The van der Waals surface area contributed by atoms with Crippen molar-refractivity contribution in [2.24, 2.45) is 5.92 Å². The minimum atomic E-state index is 0.0314. The summed E-state index contributed by atoms with van der Waals surface area (Å²) in [5.74, 6) is 0.889. The Bertz CT molecular complexity index is 832. The number of hydrogen-bond acceptors (Lipinski definition) is 6. The zero-order valence-corrected chi connectivity index (χ0v) is 15.6. The number of amides is 1. The van der Waals surface area contributed by atoms with Crippen LogP contribution in [0.4, 0.5) is 0 Å². The lowest BCUT2D eigenvalue weighted by Gasteiger charge is -2.36. The Labute approximate surface area is 156 Å². The zero-order chi connectivity index (χ0) is 17.7. The molecule has 5 rings (SSSR count). The van der Waals surface area contributed by atoms with Crippen LogP contribution in [0.2, 0.25) is 0 Å². The van der Waals surface area contributed by atoms with Crippen molar-refractivity contribution < 1.29 is 9.53 Å². The van der Waals surface area contributed by atoms with E-state index in [1.807, 2.05) is 11.8 Å². The van der Waals surface area contributed by atoms with Gasteiger partial charge in [0.15, 0.2) is 5.69 Å². The highest BCUT2D eigenvalue weighted by molar-refractivity contribution is 7.05. The predicted molar refractivity (Wildman–Crippen MR) is 98.4 cm³/mol. The smallest absolute Gasteiger partial charge is 0.275 e. The number of hydrogen-bond donors (Lipinski definition) is 0. The Morgan fingerprint density at radius 2 is 1.96 bits per heavy atom. The normalized spacial score (nSPS) is 28.2. The molecule has 0 saturated carbocycles. The van der Waals surface area contributed by atoms with Crippen LogP contribution in [0.3, 0.4) is 0 Å². The van der Waals surface area contributed by atoms with E-state index in [1.54, 1.807) is 0 Å². The highest BCUT2D eigenvalue weighted by atomic mass is 32.1. The van der Waals surface area contributed by atoms with Gasteiger partial charge >= 0.3 is 0 Å². The van der Waals surface area contributed by atoms with Crippen molar-refractivity contribution in [2.45, 2.75) is 18.9 Å². The Balaban J connectivity index is 1.46. The van der Waals surface area contributed by atoms with Crippen molar-refractivity contribution in [3.8, 4) is 0 Å². The fraction of sp³-hybridized carbons (Fsp3) is 0.526. The maximum absolute atomic E-state index is 13.0. The third-order valence-corrected chi connectivity index (χ3v) is 6.70. The number of morpholine rings is 1. The van der Waals surface area contributed by atoms with Gasteiger partial charge in [0, 0.05) is 44.1 Å². The van der Waals surface area contributed by atoms with Gasteiger partial charge in [0.1, 0.15) is 0 Å². The second-order valence-electron chi connectivity index (χ2n) is 7.38. The number of fused-ring (bicyclic) bond motifs is 3. The molecule has 1 amide bonds. The van der Waals surface area contributed by atoms with E-state index in [9.17, 15) is 4.79 Å². The first-order chi connectivity index (χ1) is 12.7. The van der Waals surface area contributed by atoms with Gasteiger partial charge in [-0.25, -0.2) is 0 Å². The van der Waals surface area contributed by atoms with Gasteiger partial charge in [-0.1, -0.05) is 28.8 Å². The minimum absolute atomic E-state index is 0.0314. The van der Waals surface area contributed by atoms with Crippen LogP contribution in [0.25, 0.3) is 0 Å². The molecule has 2 fully saturated rings. The van der Waals surface area contributed by atoms with Crippen LogP contribution in [0.5, 0.6) is 0 Å². The number of rotatable bonds is 2. The molecule has 2 aromatic rings. The van der Waals surface area contributed by atoms with Gasteiger partial charge in [-0.2, -0.15) is 0 Å². The molecule has 3 aliphatic rings. The zero-order valence-electron chi connectivity index (χ0n) is 14.8. The molecule has 2 saturated heterocycles. The largest absolute Gasteiger partial charge is 0.379 e. The van der Waals surface area contributed by atoms with Crippen molar-refractivity contribution in [1.82, 2.24) is 19.4 Å². The van der Waals surface area contributed by atoms with Crippen molar-refractivity contribution in [3.05, 3.63) is 46.0 Å². The Hall–Kier alpha value is -1.83. The molecule has 0 N–H and O–H groups in total. The topological polar surface area (TPSA) is 58.6 Å². The van der Waals surface area contributed by atoms with E-state index in [0.29, 0.717) is 23.6 Å².